The highest BCUT2D eigenvalue weighted by Gasteiger charge is 2.10. The summed E-state index contributed by atoms with van der Waals surface area (Å²) in [6, 6.07) is 20.0. The SMILES string of the molecule is CCOc1ccccc1CC(=O)Cc1ccc(-c2ccnc(C)c2)cc1. The van der Waals surface area contributed by atoms with Gasteiger partial charge in [-0.05, 0) is 48.7 Å². The number of Topliss-reactive ketones (excluding diaryl/α,β-unsaturated/α-hetero) is 1. The van der Waals surface area contributed by atoms with E-state index in [1.54, 1.807) is 0 Å². The maximum absolute atomic E-state index is 12.5. The van der Waals surface area contributed by atoms with Crippen LogP contribution < -0.4 is 4.74 Å². The first-order chi connectivity index (χ1) is 12.7. The lowest BCUT2D eigenvalue weighted by Crippen LogP contribution is -2.08. The van der Waals surface area contributed by atoms with E-state index in [9.17, 15) is 4.79 Å². The molecule has 0 aliphatic carbocycles. The number of rotatable bonds is 7. The molecule has 0 radical (unpaired) electrons. The summed E-state index contributed by atoms with van der Waals surface area (Å²) in [6.07, 6.45) is 2.63. The van der Waals surface area contributed by atoms with Gasteiger partial charge in [0.25, 0.3) is 0 Å². The lowest BCUT2D eigenvalue weighted by atomic mass is 9.99. The van der Waals surface area contributed by atoms with Gasteiger partial charge in [0.05, 0.1) is 6.61 Å². The maximum atomic E-state index is 12.5. The molecule has 0 fully saturated rings. The second kappa shape index (κ2) is 8.43. The Morgan fingerprint density at radius 2 is 1.73 bits per heavy atom. The van der Waals surface area contributed by atoms with Crippen LogP contribution >= 0.6 is 0 Å². The van der Waals surface area contributed by atoms with Crippen molar-refractivity contribution in [3.63, 3.8) is 0 Å². The van der Waals surface area contributed by atoms with Crippen LogP contribution in [0.3, 0.4) is 0 Å². The molecule has 1 aromatic heterocycles. The van der Waals surface area contributed by atoms with Crippen LogP contribution in [0.15, 0.2) is 66.9 Å². The van der Waals surface area contributed by atoms with Crippen LogP contribution in [-0.4, -0.2) is 17.4 Å². The predicted octanol–water partition coefficient (Wildman–Crippen LogP) is 4.81. The molecular weight excluding hydrogens is 322 g/mol. The van der Waals surface area contributed by atoms with Crippen molar-refractivity contribution in [2.45, 2.75) is 26.7 Å². The molecule has 0 N–H and O–H groups in total. The Balaban J connectivity index is 1.67. The van der Waals surface area contributed by atoms with E-state index in [1.807, 2.05) is 62.5 Å². The summed E-state index contributed by atoms with van der Waals surface area (Å²) >= 11 is 0. The maximum Gasteiger partial charge on any atom is 0.141 e. The first-order valence-corrected chi connectivity index (χ1v) is 8.90. The van der Waals surface area contributed by atoms with Crippen molar-refractivity contribution in [2.24, 2.45) is 0 Å². The fraction of sp³-hybridized carbons (Fsp3) is 0.217. The molecule has 0 saturated heterocycles. The van der Waals surface area contributed by atoms with E-state index in [-0.39, 0.29) is 5.78 Å². The molecule has 3 nitrogen and oxygen atoms in total. The zero-order valence-corrected chi connectivity index (χ0v) is 15.2. The molecule has 0 amide bonds. The van der Waals surface area contributed by atoms with E-state index < -0.39 is 0 Å². The van der Waals surface area contributed by atoms with Gasteiger partial charge >= 0.3 is 0 Å². The number of aromatic nitrogens is 1. The number of hydrogen-bond donors (Lipinski definition) is 0. The summed E-state index contributed by atoms with van der Waals surface area (Å²) in [4.78, 5) is 16.7. The summed E-state index contributed by atoms with van der Waals surface area (Å²) in [5.41, 5.74) is 5.24. The van der Waals surface area contributed by atoms with Gasteiger partial charge in [-0.25, -0.2) is 0 Å². The van der Waals surface area contributed by atoms with E-state index >= 15 is 0 Å². The van der Waals surface area contributed by atoms with Crippen LogP contribution in [0.4, 0.5) is 0 Å². The van der Waals surface area contributed by atoms with E-state index in [1.165, 1.54) is 0 Å². The molecule has 2 aromatic carbocycles. The quantitative estimate of drug-likeness (QED) is 0.617. The Morgan fingerprint density at radius 3 is 2.46 bits per heavy atom. The molecule has 0 aliphatic heterocycles. The van der Waals surface area contributed by atoms with Crippen LogP contribution in [-0.2, 0) is 17.6 Å². The number of pyridine rings is 1. The number of aryl methyl sites for hydroxylation is 1. The molecule has 1 heterocycles. The summed E-state index contributed by atoms with van der Waals surface area (Å²) in [7, 11) is 0. The molecule has 3 heteroatoms. The van der Waals surface area contributed by atoms with Crippen LogP contribution in [0.1, 0.15) is 23.7 Å². The number of hydrogen-bond acceptors (Lipinski definition) is 3. The second-order valence-corrected chi connectivity index (χ2v) is 6.32. The minimum absolute atomic E-state index is 0.185. The Bertz CT molecular complexity index is 885. The summed E-state index contributed by atoms with van der Waals surface area (Å²) in [5, 5.41) is 0. The minimum Gasteiger partial charge on any atom is -0.494 e. The number of para-hydroxylation sites is 1. The largest absolute Gasteiger partial charge is 0.494 e. The van der Waals surface area contributed by atoms with Gasteiger partial charge in [0.2, 0.25) is 0 Å². The van der Waals surface area contributed by atoms with Crippen LogP contribution in [0.5, 0.6) is 5.75 Å². The first-order valence-electron chi connectivity index (χ1n) is 8.90. The van der Waals surface area contributed by atoms with Gasteiger partial charge in [0.15, 0.2) is 0 Å². The standard InChI is InChI=1S/C23H23NO2/c1-3-26-23-7-5-4-6-21(23)16-22(25)15-18-8-10-19(11-9-18)20-12-13-24-17(2)14-20/h4-14H,3,15-16H2,1-2H3. The molecular formula is C23H23NO2. The number of carbonyl (C=O) groups is 1. The summed E-state index contributed by atoms with van der Waals surface area (Å²) in [6.45, 7) is 4.53. The molecule has 0 unspecified atom stereocenters. The van der Waals surface area contributed by atoms with Gasteiger partial charge in [-0.3, -0.25) is 9.78 Å². The molecule has 0 aliphatic rings. The van der Waals surface area contributed by atoms with Crippen molar-refractivity contribution >= 4 is 5.78 Å². The molecule has 3 aromatic rings. The van der Waals surface area contributed by atoms with Crippen LogP contribution in [0.2, 0.25) is 0 Å². The van der Waals surface area contributed by atoms with Gasteiger partial charge in [0, 0.05) is 30.3 Å². The lowest BCUT2D eigenvalue weighted by Gasteiger charge is -2.09. The lowest BCUT2D eigenvalue weighted by molar-refractivity contribution is -0.117. The summed E-state index contributed by atoms with van der Waals surface area (Å²) < 4.78 is 5.61. The van der Waals surface area contributed by atoms with E-state index in [0.29, 0.717) is 19.4 Å². The van der Waals surface area contributed by atoms with Gasteiger partial charge in [-0.15, -0.1) is 0 Å². The van der Waals surface area contributed by atoms with Crippen molar-refractivity contribution < 1.29 is 9.53 Å². The van der Waals surface area contributed by atoms with E-state index in [2.05, 4.69) is 23.2 Å². The van der Waals surface area contributed by atoms with Crippen molar-refractivity contribution in [3.8, 4) is 16.9 Å². The third-order valence-electron chi connectivity index (χ3n) is 4.25. The fourth-order valence-corrected chi connectivity index (χ4v) is 2.99. The number of carbonyl (C=O) groups excluding carboxylic acids is 1. The highest BCUT2D eigenvalue weighted by Crippen LogP contribution is 2.22. The Kier molecular flexibility index (Phi) is 5.80. The topological polar surface area (TPSA) is 39.2 Å². The van der Waals surface area contributed by atoms with Gasteiger partial charge in [0.1, 0.15) is 11.5 Å². The average Bonchev–Trinajstić information content (AvgIpc) is 2.64. The highest BCUT2D eigenvalue weighted by molar-refractivity contribution is 5.83. The third kappa shape index (κ3) is 4.57. The minimum atomic E-state index is 0.185. The van der Waals surface area contributed by atoms with Crippen LogP contribution in [0.25, 0.3) is 11.1 Å². The van der Waals surface area contributed by atoms with Crippen LogP contribution in [0, 0.1) is 6.92 Å². The second-order valence-electron chi connectivity index (χ2n) is 6.32. The van der Waals surface area contributed by atoms with Crippen molar-refractivity contribution in [3.05, 3.63) is 83.7 Å². The highest BCUT2D eigenvalue weighted by atomic mass is 16.5. The van der Waals surface area contributed by atoms with Crippen molar-refractivity contribution in [1.82, 2.24) is 4.98 Å². The average molecular weight is 345 g/mol. The van der Waals surface area contributed by atoms with E-state index in [4.69, 9.17) is 4.74 Å². The molecule has 0 atom stereocenters. The Labute approximate surface area is 154 Å². The normalized spacial score (nSPS) is 10.5. The molecule has 26 heavy (non-hydrogen) atoms. The summed E-state index contributed by atoms with van der Waals surface area (Å²) in [5.74, 6) is 0.983. The number of nitrogens with zero attached hydrogens (tertiary/aromatic N) is 1. The zero-order chi connectivity index (χ0) is 18.4. The zero-order valence-electron chi connectivity index (χ0n) is 15.2. The van der Waals surface area contributed by atoms with Crippen molar-refractivity contribution in [2.75, 3.05) is 6.61 Å². The molecule has 0 spiro atoms. The molecule has 132 valence electrons. The first kappa shape index (κ1) is 17.9. The van der Waals surface area contributed by atoms with Gasteiger partial charge < -0.3 is 4.74 Å². The number of ketones is 1. The van der Waals surface area contributed by atoms with Gasteiger partial charge in [-0.1, -0.05) is 42.5 Å². The van der Waals surface area contributed by atoms with Gasteiger partial charge in [-0.2, -0.15) is 0 Å². The Morgan fingerprint density at radius 1 is 0.962 bits per heavy atom. The Hall–Kier alpha value is -2.94. The smallest absolute Gasteiger partial charge is 0.141 e. The fourth-order valence-electron chi connectivity index (χ4n) is 2.99. The monoisotopic (exact) mass is 345 g/mol. The number of benzene rings is 2. The third-order valence-corrected chi connectivity index (χ3v) is 4.25. The predicted molar refractivity (Wildman–Crippen MR) is 104 cm³/mol. The molecule has 0 saturated carbocycles. The molecule has 3 rings (SSSR count). The number of ether oxygens (including phenoxy) is 1. The van der Waals surface area contributed by atoms with Crippen molar-refractivity contribution in [1.29, 1.82) is 0 Å². The van der Waals surface area contributed by atoms with E-state index in [0.717, 1.165) is 33.7 Å². The molecule has 0 bridgehead atoms.